The molecular formula is C36H36N8O3S. The molecule has 3 aromatic heterocycles. The molecule has 6 aromatic rings. The maximum absolute atomic E-state index is 12.8. The van der Waals surface area contributed by atoms with Gasteiger partial charge in [-0.05, 0) is 55.3 Å². The first-order valence-electron chi connectivity index (χ1n) is 15.9. The number of fused-ring (bicyclic) bond motifs is 1. The number of nitrogens with zero attached hydrogens (tertiary/aromatic N) is 5. The van der Waals surface area contributed by atoms with Gasteiger partial charge in [0.05, 0.1) is 31.2 Å². The number of hydrogen-bond acceptors (Lipinski definition) is 9. The van der Waals surface area contributed by atoms with Crippen LogP contribution >= 0.6 is 11.3 Å². The quantitative estimate of drug-likeness (QED) is 0.124. The van der Waals surface area contributed by atoms with Crippen molar-refractivity contribution >= 4 is 45.3 Å². The highest BCUT2D eigenvalue weighted by Crippen LogP contribution is 2.35. The molecule has 0 aliphatic carbocycles. The second kappa shape index (κ2) is 14.6. The summed E-state index contributed by atoms with van der Waals surface area (Å²) in [6, 6.07) is 24.7. The Morgan fingerprint density at radius 1 is 0.958 bits per heavy atom. The molecule has 11 nitrogen and oxygen atoms in total. The molecule has 0 saturated carbocycles. The van der Waals surface area contributed by atoms with Gasteiger partial charge in [0.1, 0.15) is 11.4 Å². The molecule has 3 aromatic carbocycles. The van der Waals surface area contributed by atoms with E-state index in [1.165, 1.54) is 0 Å². The Hall–Kier alpha value is -5.30. The number of nitrogens with one attached hydrogen (secondary N) is 3. The van der Waals surface area contributed by atoms with Crippen LogP contribution in [0.3, 0.4) is 0 Å². The van der Waals surface area contributed by atoms with Crippen LogP contribution in [-0.2, 0) is 4.74 Å². The molecule has 7 rings (SSSR count). The normalized spacial score (nSPS) is 13.4. The third-order valence-electron chi connectivity index (χ3n) is 8.03. The highest BCUT2D eigenvalue weighted by Gasteiger charge is 2.19. The first-order valence-corrected chi connectivity index (χ1v) is 16.8. The Kier molecular flexibility index (Phi) is 9.55. The molecule has 1 fully saturated rings. The number of carbonyl (C=O) groups is 1. The summed E-state index contributed by atoms with van der Waals surface area (Å²) < 4.78 is 13.5. The highest BCUT2D eigenvalue weighted by molar-refractivity contribution is 7.15. The number of aromatic nitrogens is 4. The van der Waals surface area contributed by atoms with Gasteiger partial charge in [-0.25, -0.2) is 19.7 Å². The van der Waals surface area contributed by atoms with E-state index in [4.69, 9.17) is 19.4 Å². The fourth-order valence-electron chi connectivity index (χ4n) is 5.62. The topological polar surface area (TPSA) is 118 Å². The molecule has 2 amide bonds. The molecule has 3 N–H and O–H groups in total. The van der Waals surface area contributed by atoms with Crippen LogP contribution < -0.4 is 20.7 Å². The lowest BCUT2D eigenvalue weighted by atomic mass is 10.1. The lowest BCUT2D eigenvalue weighted by Gasteiger charge is -2.26. The van der Waals surface area contributed by atoms with Crippen LogP contribution in [0.4, 0.5) is 27.8 Å². The molecule has 48 heavy (non-hydrogen) atoms. The minimum absolute atomic E-state index is 0.318. The van der Waals surface area contributed by atoms with Gasteiger partial charge >= 0.3 is 6.03 Å². The number of thiazole rings is 1. The van der Waals surface area contributed by atoms with Crippen molar-refractivity contribution < 1.29 is 14.3 Å². The molecule has 1 aliphatic heterocycles. The number of anilines is 4. The molecule has 1 aliphatic rings. The Balaban J connectivity index is 1.07. The highest BCUT2D eigenvalue weighted by atomic mass is 32.1. The molecular weight excluding hydrogens is 625 g/mol. The van der Waals surface area contributed by atoms with Crippen LogP contribution in [-0.4, -0.2) is 69.7 Å². The zero-order valence-corrected chi connectivity index (χ0v) is 27.4. The fraction of sp³-hybridized carbons (Fsp3) is 0.222. The number of amides is 2. The van der Waals surface area contributed by atoms with E-state index in [2.05, 4.69) is 25.8 Å². The van der Waals surface area contributed by atoms with E-state index < -0.39 is 0 Å². The van der Waals surface area contributed by atoms with E-state index in [9.17, 15) is 4.79 Å². The van der Waals surface area contributed by atoms with E-state index in [1.807, 2.05) is 102 Å². The average Bonchev–Trinajstić information content (AvgIpc) is 3.71. The second-order valence-electron chi connectivity index (χ2n) is 11.4. The molecule has 244 valence electrons. The van der Waals surface area contributed by atoms with Crippen LogP contribution in [0.5, 0.6) is 5.75 Å². The maximum Gasteiger partial charge on any atom is 0.323 e. The third kappa shape index (κ3) is 7.46. The third-order valence-corrected chi connectivity index (χ3v) is 8.79. The Morgan fingerprint density at radius 3 is 2.71 bits per heavy atom. The van der Waals surface area contributed by atoms with Crippen molar-refractivity contribution in [3.8, 4) is 28.4 Å². The van der Waals surface area contributed by atoms with Crippen LogP contribution in [0.1, 0.15) is 12.0 Å². The number of carbonyl (C=O) groups excluding carboxylic acids is 1. The van der Waals surface area contributed by atoms with Crippen molar-refractivity contribution in [3.05, 3.63) is 102 Å². The minimum Gasteiger partial charge on any atom is -0.493 e. The van der Waals surface area contributed by atoms with Gasteiger partial charge in [-0.2, -0.15) is 0 Å². The van der Waals surface area contributed by atoms with Crippen molar-refractivity contribution in [2.75, 3.05) is 55.4 Å². The van der Waals surface area contributed by atoms with E-state index in [1.54, 1.807) is 17.5 Å². The number of hydrogen-bond donors (Lipinski definition) is 3. The summed E-state index contributed by atoms with van der Waals surface area (Å²) in [6.45, 7) is 7.17. The molecule has 0 unspecified atom stereocenters. The van der Waals surface area contributed by atoms with Crippen LogP contribution in [0.2, 0.25) is 0 Å². The smallest absolute Gasteiger partial charge is 0.323 e. The molecule has 12 heteroatoms. The van der Waals surface area contributed by atoms with E-state index in [-0.39, 0.29) is 6.03 Å². The van der Waals surface area contributed by atoms with Gasteiger partial charge in [0, 0.05) is 66.1 Å². The summed E-state index contributed by atoms with van der Waals surface area (Å²) >= 11 is 1.54. The van der Waals surface area contributed by atoms with Crippen LogP contribution in [0, 0.1) is 6.92 Å². The summed E-state index contributed by atoms with van der Waals surface area (Å²) in [5, 5.41) is 11.2. The van der Waals surface area contributed by atoms with Crippen molar-refractivity contribution in [1.29, 1.82) is 0 Å². The maximum atomic E-state index is 12.8. The van der Waals surface area contributed by atoms with Gasteiger partial charge in [-0.15, -0.1) is 11.3 Å². The first kappa shape index (κ1) is 31.3. The minimum atomic E-state index is -0.318. The van der Waals surface area contributed by atoms with Crippen molar-refractivity contribution in [3.63, 3.8) is 0 Å². The van der Waals surface area contributed by atoms with Crippen LogP contribution in [0.15, 0.2) is 96.6 Å². The predicted octanol–water partition coefficient (Wildman–Crippen LogP) is 7.32. The molecule has 0 bridgehead atoms. The number of imidazole rings is 1. The lowest BCUT2D eigenvalue weighted by molar-refractivity contribution is 0.0358. The van der Waals surface area contributed by atoms with E-state index >= 15 is 0 Å². The van der Waals surface area contributed by atoms with Crippen LogP contribution in [0.25, 0.3) is 27.6 Å². The SMILES string of the molecule is Cc1ccccc1NC(=O)Nc1cccc(-c2nc3sccn3c2-c2ccnc(Nc3cccc(OCCCN4CCOCC4)c3)n2)c1. The largest absolute Gasteiger partial charge is 0.493 e. The molecule has 0 radical (unpaired) electrons. The number of ether oxygens (including phenoxy) is 2. The number of aryl methyl sites for hydroxylation is 1. The zero-order chi connectivity index (χ0) is 32.7. The predicted molar refractivity (Wildman–Crippen MR) is 190 cm³/mol. The van der Waals surface area contributed by atoms with Crippen molar-refractivity contribution in [1.82, 2.24) is 24.3 Å². The summed E-state index contributed by atoms with van der Waals surface area (Å²) in [7, 11) is 0. The van der Waals surface area contributed by atoms with Gasteiger partial charge in [0.15, 0.2) is 4.96 Å². The summed E-state index contributed by atoms with van der Waals surface area (Å²) in [5.74, 6) is 1.24. The second-order valence-corrected chi connectivity index (χ2v) is 12.3. The summed E-state index contributed by atoms with van der Waals surface area (Å²) in [4.78, 5) is 30.4. The van der Waals surface area contributed by atoms with Gasteiger partial charge in [0.2, 0.25) is 5.95 Å². The van der Waals surface area contributed by atoms with Gasteiger partial charge < -0.3 is 25.4 Å². The Labute approximate surface area is 282 Å². The van der Waals surface area contributed by atoms with Gasteiger partial charge in [0.25, 0.3) is 0 Å². The van der Waals surface area contributed by atoms with Gasteiger partial charge in [-0.3, -0.25) is 9.30 Å². The summed E-state index contributed by atoms with van der Waals surface area (Å²) in [5.41, 5.74) is 6.36. The Bertz CT molecular complexity index is 2020. The Morgan fingerprint density at radius 2 is 1.81 bits per heavy atom. The van der Waals surface area contributed by atoms with E-state index in [0.717, 1.165) is 83.9 Å². The number of morpholine rings is 1. The number of benzene rings is 3. The van der Waals surface area contributed by atoms with Crippen molar-refractivity contribution in [2.45, 2.75) is 13.3 Å². The zero-order valence-electron chi connectivity index (χ0n) is 26.6. The monoisotopic (exact) mass is 660 g/mol. The van der Waals surface area contributed by atoms with Crippen molar-refractivity contribution in [2.24, 2.45) is 0 Å². The summed E-state index contributed by atoms with van der Waals surface area (Å²) in [6.07, 6.45) is 4.67. The number of rotatable bonds is 11. The number of para-hydroxylation sites is 1. The fourth-order valence-corrected chi connectivity index (χ4v) is 6.33. The standard InChI is InChI=1S/C36H36N8O3S/c1-25-7-2-3-12-30(25)41-35(45)39-27-9-4-8-26(23-27)32-33(44-18-22-48-36(44)42-32)31-13-14-37-34(40-31)38-28-10-5-11-29(24-28)47-19-6-15-43-16-20-46-21-17-43/h2-5,7-14,18,22-24H,6,15-17,19-21H2,1H3,(H,37,38,40)(H2,39,41,45). The first-order chi connectivity index (χ1) is 23.6. The average molecular weight is 661 g/mol. The van der Waals surface area contributed by atoms with Gasteiger partial charge in [-0.1, -0.05) is 36.4 Å². The molecule has 0 atom stereocenters. The lowest BCUT2D eigenvalue weighted by Crippen LogP contribution is -2.37. The van der Waals surface area contributed by atoms with E-state index in [0.29, 0.717) is 23.9 Å². The molecule has 0 spiro atoms. The number of urea groups is 1. The molecule has 1 saturated heterocycles. The molecule has 4 heterocycles.